The van der Waals surface area contributed by atoms with Gasteiger partial charge in [-0.05, 0) is 24.6 Å². The summed E-state index contributed by atoms with van der Waals surface area (Å²) in [5.41, 5.74) is 3.33. The van der Waals surface area contributed by atoms with Crippen molar-refractivity contribution in [2.75, 3.05) is 0 Å². The second-order valence-corrected chi connectivity index (χ2v) is 4.48. The Morgan fingerprint density at radius 3 is 3.00 bits per heavy atom. The number of carbonyl (C=O) groups is 1. The number of aromatic nitrogens is 1. The van der Waals surface area contributed by atoms with Gasteiger partial charge in [0.05, 0.1) is 11.4 Å². The van der Waals surface area contributed by atoms with E-state index in [1.54, 1.807) is 25.1 Å². The predicted octanol–water partition coefficient (Wildman–Crippen LogP) is 1.69. The van der Waals surface area contributed by atoms with Crippen molar-refractivity contribution in [3.8, 4) is 5.75 Å². The molecule has 1 aliphatic heterocycles. The van der Waals surface area contributed by atoms with Crippen molar-refractivity contribution in [1.82, 2.24) is 4.98 Å². The van der Waals surface area contributed by atoms with Crippen LogP contribution in [0.25, 0.3) is 10.9 Å². The van der Waals surface area contributed by atoms with Gasteiger partial charge < -0.3 is 15.2 Å². The Hall–Kier alpha value is -2.30. The summed E-state index contributed by atoms with van der Waals surface area (Å²) in [6, 6.07) is 4.33. The van der Waals surface area contributed by atoms with Gasteiger partial charge in [0.2, 0.25) is 0 Å². The molecule has 18 heavy (non-hydrogen) atoms. The highest BCUT2D eigenvalue weighted by molar-refractivity contribution is 6.06. The fourth-order valence-electron chi connectivity index (χ4n) is 2.44. The van der Waals surface area contributed by atoms with Crippen LogP contribution in [0.4, 0.5) is 0 Å². The molecule has 0 saturated carbocycles. The van der Waals surface area contributed by atoms with E-state index in [1.807, 2.05) is 0 Å². The average molecular weight is 244 g/mol. The van der Waals surface area contributed by atoms with Gasteiger partial charge in [0.1, 0.15) is 5.75 Å². The van der Waals surface area contributed by atoms with Crippen molar-refractivity contribution < 1.29 is 15.0 Å². The Bertz CT molecular complexity index is 685. The van der Waals surface area contributed by atoms with E-state index in [0.29, 0.717) is 12.1 Å². The molecule has 92 valence electrons. The molecule has 1 aromatic heterocycles. The maximum Gasteiger partial charge on any atom is 0.328 e. The molecule has 0 spiro atoms. The van der Waals surface area contributed by atoms with Crippen molar-refractivity contribution in [3.05, 3.63) is 29.5 Å². The number of H-pyrrole nitrogens is 1. The van der Waals surface area contributed by atoms with Crippen molar-refractivity contribution in [2.24, 2.45) is 4.99 Å². The number of aliphatic carboxylic acids is 1. The lowest BCUT2D eigenvalue weighted by molar-refractivity contribution is -0.138. The summed E-state index contributed by atoms with van der Waals surface area (Å²) in [4.78, 5) is 18.4. The van der Waals surface area contributed by atoms with Crippen molar-refractivity contribution in [3.63, 3.8) is 0 Å². The highest BCUT2D eigenvalue weighted by atomic mass is 16.4. The van der Waals surface area contributed by atoms with Gasteiger partial charge in [-0.25, -0.2) is 4.79 Å². The predicted molar refractivity (Wildman–Crippen MR) is 67.3 cm³/mol. The molecule has 0 aliphatic carbocycles. The molecule has 5 heteroatoms. The van der Waals surface area contributed by atoms with Crippen molar-refractivity contribution >= 4 is 22.6 Å². The number of aromatic hydroxyl groups is 1. The fraction of sp³-hybridized carbons (Fsp3) is 0.231. The molecule has 1 atom stereocenters. The number of phenolic OH excluding ortho intramolecular Hbond substituents is 1. The number of phenols is 1. The number of nitrogens with zero attached hydrogens (tertiary/aromatic N) is 1. The molecule has 0 bridgehead atoms. The van der Waals surface area contributed by atoms with Crippen LogP contribution in [-0.4, -0.2) is 32.9 Å². The molecular formula is C13H12N2O3. The number of carboxylic acids is 1. The third-order valence-corrected chi connectivity index (χ3v) is 3.28. The van der Waals surface area contributed by atoms with Crippen LogP contribution in [0.2, 0.25) is 0 Å². The van der Waals surface area contributed by atoms with Crippen LogP contribution in [-0.2, 0) is 11.2 Å². The quantitative estimate of drug-likeness (QED) is 0.713. The lowest BCUT2D eigenvalue weighted by Crippen LogP contribution is -2.26. The Morgan fingerprint density at radius 2 is 2.28 bits per heavy atom. The maximum atomic E-state index is 11.1. The van der Waals surface area contributed by atoms with E-state index >= 15 is 0 Å². The molecule has 1 unspecified atom stereocenters. The highest BCUT2D eigenvalue weighted by Crippen LogP contribution is 2.30. The van der Waals surface area contributed by atoms with Gasteiger partial charge in [0.25, 0.3) is 0 Å². The van der Waals surface area contributed by atoms with Gasteiger partial charge in [0, 0.05) is 23.4 Å². The summed E-state index contributed by atoms with van der Waals surface area (Å²) in [7, 11) is 0. The van der Waals surface area contributed by atoms with Crippen LogP contribution in [0.15, 0.2) is 23.2 Å². The third-order valence-electron chi connectivity index (χ3n) is 3.28. The topological polar surface area (TPSA) is 85.7 Å². The summed E-state index contributed by atoms with van der Waals surface area (Å²) in [6.45, 7) is 1.79. The van der Waals surface area contributed by atoms with Gasteiger partial charge in [0.15, 0.2) is 6.04 Å². The first kappa shape index (κ1) is 10.8. The normalized spacial score (nSPS) is 18.5. The second kappa shape index (κ2) is 3.60. The molecule has 0 fully saturated rings. The summed E-state index contributed by atoms with van der Waals surface area (Å²) >= 11 is 0. The van der Waals surface area contributed by atoms with E-state index < -0.39 is 12.0 Å². The smallest absolute Gasteiger partial charge is 0.328 e. The maximum absolute atomic E-state index is 11.1. The minimum atomic E-state index is -0.909. The van der Waals surface area contributed by atoms with Gasteiger partial charge in [-0.1, -0.05) is 0 Å². The summed E-state index contributed by atoms with van der Waals surface area (Å²) in [5.74, 6) is -0.724. The van der Waals surface area contributed by atoms with Crippen molar-refractivity contribution in [2.45, 2.75) is 19.4 Å². The van der Waals surface area contributed by atoms with E-state index in [-0.39, 0.29) is 5.75 Å². The van der Waals surface area contributed by atoms with Crippen LogP contribution < -0.4 is 0 Å². The van der Waals surface area contributed by atoms with Crippen LogP contribution in [0.1, 0.15) is 18.2 Å². The Morgan fingerprint density at radius 1 is 1.50 bits per heavy atom. The van der Waals surface area contributed by atoms with Gasteiger partial charge in [-0.15, -0.1) is 0 Å². The molecule has 3 rings (SSSR count). The van der Waals surface area contributed by atoms with Crippen LogP contribution in [0, 0.1) is 0 Å². The Balaban J connectivity index is 2.22. The minimum absolute atomic E-state index is 0.186. The number of rotatable bonds is 1. The summed E-state index contributed by atoms with van der Waals surface area (Å²) in [5, 5.41) is 19.5. The average Bonchev–Trinajstić information content (AvgIpc) is 2.67. The van der Waals surface area contributed by atoms with E-state index in [4.69, 9.17) is 5.11 Å². The number of aliphatic imine (C=N–C) groups is 1. The Kier molecular flexibility index (Phi) is 2.16. The number of hydrogen-bond acceptors (Lipinski definition) is 3. The van der Waals surface area contributed by atoms with E-state index in [1.165, 1.54) is 0 Å². The second-order valence-electron chi connectivity index (χ2n) is 4.48. The number of nitrogens with one attached hydrogen (secondary N) is 1. The van der Waals surface area contributed by atoms with E-state index in [2.05, 4.69) is 9.98 Å². The zero-order chi connectivity index (χ0) is 12.9. The van der Waals surface area contributed by atoms with E-state index in [0.717, 1.165) is 22.2 Å². The number of benzene rings is 1. The van der Waals surface area contributed by atoms with Crippen LogP contribution >= 0.6 is 0 Å². The van der Waals surface area contributed by atoms with Gasteiger partial charge >= 0.3 is 5.97 Å². The third kappa shape index (κ3) is 1.48. The first-order valence-electron chi connectivity index (χ1n) is 5.67. The van der Waals surface area contributed by atoms with E-state index in [9.17, 15) is 9.90 Å². The van der Waals surface area contributed by atoms with Gasteiger partial charge in [-0.3, -0.25) is 4.99 Å². The molecule has 2 heterocycles. The summed E-state index contributed by atoms with van der Waals surface area (Å²) < 4.78 is 0. The SMILES string of the molecule is CC1=NC(C(=O)O)Cc2c1[nH]c1cc(O)ccc21. The first-order chi connectivity index (χ1) is 8.56. The zero-order valence-corrected chi connectivity index (χ0v) is 9.77. The molecule has 0 saturated heterocycles. The molecule has 1 aromatic carbocycles. The number of hydrogen-bond donors (Lipinski definition) is 3. The molecular weight excluding hydrogens is 232 g/mol. The number of fused-ring (bicyclic) bond motifs is 3. The summed E-state index contributed by atoms with van der Waals surface area (Å²) in [6.07, 6.45) is 0.382. The number of aromatic amines is 1. The lowest BCUT2D eigenvalue weighted by Gasteiger charge is -2.16. The monoisotopic (exact) mass is 244 g/mol. The molecule has 5 nitrogen and oxygen atoms in total. The van der Waals surface area contributed by atoms with Crippen LogP contribution in [0.3, 0.4) is 0 Å². The van der Waals surface area contributed by atoms with Gasteiger partial charge in [-0.2, -0.15) is 0 Å². The highest BCUT2D eigenvalue weighted by Gasteiger charge is 2.27. The van der Waals surface area contributed by atoms with Crippen molar-refractivity contribution in [1.29, 1.82) is 0 Å². The molecule has 0 radical (unpaired) electrons. The molecule has 2 aromatic rings. The Labute approximate surface area is 103 Å². The zero-order valence-electron chi connectivity index (χ0n) is 9.77. The van der Waals surface area contributed by atoms with Crippen LogP contribution in [0.5, 0.6) is 5.75 Å². The standard InChI is InChI=1S/C13H12N2O3/c1-6-12-9(5-11(14-6)13(17)18)8-3-2-7(16)4-10(8)15-12/h2-4,11,15-16H,5H2,1H3,(H,17,18). The first-order valence-corrected chi connectivity index (χ1v) is 5.67. The molecule has 3 N–H and O–H groups in total. The number of carboxylic acid groups (broad SMARTS) is 1. The minimum Gasteiger partial charge on any atom is -0.508 e. The largest absolute Gasteiger partial charge is 0.508 e. The molecule has 0 amide bonds. The molecule has 1 aliphatic rings. The fourth-order valence-corrected chi connectivity index (χ4v) is 2.44. The lowest BCUT2D eigenvalue weighted by atomic mass is 9.97.